The van der Waals surface area contributed by atoms with Crippen LogP contribution in [0.15, 0.2) is 0 Å². The average molecular weight is 182 g/mol. The van der Waals surface area contributed by atoms with Crippen molar-refractivity contribution in [2.45, 2.75) is 44.6 Å². The molecule has 1 unspecified atom stereocenters. The van der Waals surface area contributed by atoms with Crippen LogP contribution in [-0.2, 0) is 9.53 Å². The Morgan fingerprint density at radius 1 is 1.23 bits per heavy atom. The molecule has 0 heterocycles. The molecule has 2 fully saturated rings. The molecule has 0 radical (unpaired) electrons. The largest absolute Gasteiger partial charge is 0.373 e. The lowest BCUT2D eigenvalue weighted by Gasteiger charge is -2.17. The number of hydrogen-bond donors (Lipinski definition) is 0. The lowest BCUT2D eigenvalue weighted by Crippen LogP contribution is -2.30. The predicted octanol–water partition coefficient (Wildman–Crippen LogP) is 2.17. The van der Waals surface area contributed by atoms with E-state index < -0.39 is 0 Å². The van der Waals surface area contributed by atoms with Gasteiger partial charge in [0.25, 0.3) is 0 Å². The Hall–Kier alpha value is -0.370. The third-order valence-electron chi connectivity index (χ3n) is 3.34. The molecule has 0 bridgehead atoms. The topological polar surface area (TPSA) is 26.3 Å². The Bertz CT molecular complexity index is 190. The molecule has 0 aromatic heterocycles. The van der Waals surface area contributed by atoms with Crippen LogP contribution >= 0.6 is 0 Å². The first kappa shape index (κ1) is 9.20. The van der Waals surface area contributed by atoms with Crippen LogP contribution in [0.2, 0.25) is 0 Å². The van der Waals surface area contributed by atoms with Gasteiger partial charge in [0.15, 0.2) is 5.78 Å². The minimum atomic E-state index is -0.0666. The number of hydrogen-bond acceptors (Lipinski definition) is 2. The van der Waals surface area contributed by atoms with E-state index in [2.05, 4.69) is 0 Å². The van der Waals surface area contributed by atoms with Crippen molar-refractivity contribution in [3.8, 4) is 0 Å². The van der Waals surface area contributed by atoms with Gasteiger partial charge < -0.3 is 4.74 Å². The van der Waals surface area contributed by atoms with E-state index in [1.807, 2.05) is 0 Å². The van der Waals surface area contributed by atoms with Gasteiger partial charge in [0.2, 0.25) is 0 Å². The summed E-state index contributed by atoms with van der Waals surface area (Å²) >= 11 is 0. The van der Waals surface area contributed by atoms with Gasteiger partial charge in [-0.2, -0.15) is 0 Å². The summed E-state index contributed by atoms with van der Waals surface area (Å²) in [7, 11) is 1.68. The van der Waals surface area contributed by atoms with Gasteiger partial charge in [-0.15, -0.1) is 0 Å². The Kier molecular flexibility index (Phi) is 2.68. The van der Waals surface area contributed by atoms with Gasteiger partial charge in [0, 0.05) is 13.0 Å². The Morgan fingerprint density at radius 2 is 1.85 bits per heavy atom. The van der Waals surface area contributed by atoms with E-state index in [0.717, 1.165) is 12.8 Å². The molecule has 2 heteroatoms. The summed E-state index contributed by atoms with van der Waals surface area (Å²) in [6, 6.07) is 0. The van der Waals surface area contributed by atoms with Crippen molar-refractivity contribution in [2.24, 2.45) is 11.8 Å². The van der Waals surface area contributed by atoms with Crippen LogP contribution in [0.3, 0.4) is 0 Å². The third kappa shape index (κ3) is 1.93. The zero-order valence-corrected chi connectivity index (χ0v) is 8.29. The predicted molar refractivity (Wildman–Crippen MR) is 50.5 cm³/mol. The molecular formula is C11H18O2. The fourth-order valence-electron chi connectivity index (χ4n) is 2.38. The van der Waals surface area contributed by atoms with E-state index >= 15 is 0 Å². The second-order valence-corrected chi connectivity index (χ2v) is 4.38. The maximum Gasteiger partial charge on any atom is 0.164 e. The van der Waals surface area contributed by atoms with E-state index in [-0.39, 0.29) is 6.10 Å². The molecule has 2 nitrogen and oxygen atoms in total. The first-order chi connectivity index (χ1) is 6.33. The minimum Gasteiger partial charge on any atom is -0.373 e. The molecule has 2 saturated carbocycles. The van der Waals surface area contributed by atoms with Crippen molar-refractivity contribution < 1.29 is 9.53 Å². The minimum absolute atomic E-state index is 0.0666. The molecule has 2 aliphatic rings. The Balaban J connectivity index is 1.92. The summed E-state index contributed by atoms with van der Waals surface area (Å²) in [6.07, 6.45) is 6.99. The molecular weight excluding hydrogens is 164 g/mol. The Morgan fingerprint density at radius 3 is 2.31 bits per heavy atom. The van der Waals surface area contributed by atoms with Crippen LogP contribution < -0.4 is 0 Å². The fourth-order valence-corrected chi connectivity index (χ4v) is 2.38. The molecule has 0 N–H and O–H groups in total. The van der Waals surface area contributed by atoms with Crippen molar-refractivity contribution in [3.05, 3.63) is 0 Å². The van der Waals surface area contributed by atoms with E-state index in [1.165, 1.54) is 25.7 Å². The number of ether oxygens (including phenoxy) is 1. The molecule has 1 atom stereocenters. The normalized spacial score (nSPS) is 26.2. The van der Waals surface area contributed by atoms with E-state index in [9.17, 15) is 4.79 Å². The molecule has 0 aromatic carbocycles. The monoisotopic (exact) mass is 182 g/mol. The number of ketones is 1. The third-order valence-corrected chi connectivity index (χ3v) is 3.34. The molecule has 2 rings (SSSR count). The van der Waals surface area contributed by atoms with Crippen LogP contribution in [0.4, 0.5) is 0 Å². The molecule has 0 aliphatic heterocycles. The maximum absolute atomic E-state index is 11.9. The molecule has 0 aromatic rings. The maximum atomic E-state index is 11.9. The van der Waals surface area contributed by atoms with Crippen LogP contribution in [0.1, 0.15) is 38.5 Å². The van der Waals surface area contributed by atoms with Crippen LogP contribution in [0.25, 0.3) is 0 Å². The SMILES string of the molecule is COC(C(=O)C1CCCC1)C1CC1. The molecule has 2 aliphatic carbocycles. The van der Waals surface area contributed by atoms with Crippen molar-refractivity contribution in [1.82, 2.24) is 0 Å². The number of carbonyl (C=O) groups is 1. The van der Waals surface area contributed by atoms with Crippen molar-refractivity contribution >= 4 is 5.78 Å². The quantitative estimate of drug-likeness (QED) is 0.666. The average Bonchev–Trinajstić information content (AvgIpc) is 2.83. The zero-order chi connectivity index (χ0) is 9.26. The van der Waals surface area contributed by atoms with Gasteiger partial charge in [-0.3, -0.25) is 4.79 Å². The highest BCUT2D eigenvalue weighted by atomic mass is 16.5. The first-order valence-corrected chi connectivity index (χ1v) is 5.39. The lowest BCUT2D eigenvalue weighted by atomic mass is 9.96. The van der Waals surface area contributed by atoms with E-state index in [4.69, 9.17) is 4.74 Å². The molecule has 74 valence electrons. The summed E-state index contributed by atoms with van der Waals surface area (Å²) in [5.41, 5.74) is 0. The first-order valence-electron chi connectivity index (χ1n) is 5.39. The molecule has 0 spiro atoms. The summed E-state index contributed by atoms with van der Waals surface area (Å²) in [5, 5.41) is 0. The van der Waals surface area contributed by atoms with Crippen LogP contribution in [0, 0.1) is 11.8 Å². The molecule has 0 saturated heterocycles. The Labute approximate surface area is 79.7 Å². The van der Waals surface area contributed by atoms with Gasteiger partial charge in [0.05, 0.1) is 0 Å². The van der Waals surface area contributed by atoms with Gasteiger partial charge >= 0.3 is 0 Å². The summed E-state index contributed by atoms with van der Waals surface area (Å²) in [4.78, 5) is 11.9. The van der Waals surface area contributed by atoms with E-state index in [0.29, 0.717) is 17.6 Å². The van der Waals surface area contributed by atoms with Crippen LogP contribution in [0.5, 0.6) is 0 Å². The standard InChI is InChI=1S/C11H18O2/c1-13-11(9-6-7-9)10(12)8-4-2-3-5-8/h8-9,11H,2-7H2,1H3. The van der Waals surface area contributed by atoms with Crippen molar-refractivity contribution in [2.75, 3.05) is 7.11 Å². The smallest absolute Gasteiger partial charge is 0.164 e. The number of rotatable bonds is 4. The number of carbonyl (C=O) groups excluding carboxylic acids is 1. The van der Waals surface area contributed by atoms with Crippen molar-refractivity contribution in [3.63, 3.8) is 0 Å². The second-order valence-electron chi connectivity index (χ2n) is 4.38. The van der Waals surface area contributed by atoms with Gasteiger partial charge in [-0.1, -0.05) is 12.8 Å². The highest BCUT2D eigenvalue weighted by Gasteiger charge is 2.39. The highest BCUT2D eigenvalue weighted by molar-refractivity contribution is 5.86. The van der Waals surface area contributed by atoms with E-state index in [1.54, 1.807) is 7.11 Å². The number of methoxy groups -OCH3 is 1. The van der Waals surface area contributed by atoms with Crippen molar-refractivity contribution in [1.29, 1.82) is 0 Å². The van der Waals surface area contributed by atoms with Gasteiger partial charge in [-0.25, -0.2) is 0 Å². The zero-order valence-electron chi connectivity index (χ0n) is 8.29. The van der Waals surface area contributed by atoms with Gasteiger partial charge in [0.1, 0.15) is 6.10 Å². The van der Waals surface area contributed by atoms with Crippen LogP contribution in [-0.4, -0.2) is 19.0 Å². The summed E-state index contributed by atoms with van der Waals surface area (Å²) < 4.78 is 5.30. The summed E-state index contributed by atoms with van der Waals surface area (Å²) in [6.45, 7) is 0. The lowest BCUT2D eigenvalue weighted by molar-refractivity contribution is -0.133. The highest BCUT2D eigenvalue weighted by Crippen LogP contribution is 2.37. The number of Topliss-reactive ketones (excluding diaryl/α,β-unsaturated/α-hetero) is 1. The fraction of sp³-hybridized carbons (Fsp3) is 0.909. The second kappa shape index (κ2) is 3.79. The molecule has 13 heavy (non-hydrogen) atoms. The summed E-state index contributed by atoms with van der Waals surface area (Å²) in [5.74, 6) is 1.27. The molecule has 0 amide bonds. The van der Waals surface area contributed by atoms with Gasteiger partial charge in [-0.05, 0) is 31.6 Å².